The maximum atomic E-state index is 13.6. The number of anilines is 2. The van der Waals surface area contributed by atoms with Crippen LogP contribution in [0.25, 0.3) is 5.57 Å². The van der Waals surface area contributed by atoms with Gasteiger partial charge in [0.1, 0.15) is 17.2 Å². The van der Waals surface area contributed by atoms with Crippen LogP contribution in [0.15, 0.2) is 72.4 Å². The van der Waals surface area contributed by atoms with E-state index in [9.17, 15) is 9.59 Å². The van der Waals surface area contributed by atoms with Crippen LogP contribution in [0.2, 0.25) is 5.02 Å². The van der Waals surface area contributed by atoms with E-state index in [1.165, 1.54) is 7.11 Å². The fraction of sp³-hybridized carbons (Fsp3) is 0.154. The van der Waals surface area contributed by atoms with Crippen molar-refractivity contribution in [1.29, 1.82) is 0 Å². The summed E-state index contributed by atoms with van der Waals surface area (Å²) in [6, 6.07) is 19.4. The van der Waals surface area contributed by atoms with E-state index in [0.717, 1.165) is 10.5 Å². The number of rotatable bonds is 7. The lowest BCUT2D eigenvalue weighted by molar-refractivity contribution is -0.120. The lowest BCUT2D eigenvalue weighted by Gasteiger charge is -2.17. The number of aryl methyl sites for hydroxylation is 1. The molecule has 1 aliphatic rings. The number of carbonyl (C=O) groups is 2. The zero-order chi connectivity index (χ0) is 23.5. The molecule has 0 bridgehead atoms. The Bertz CT molecular complexity index is 1250. The smallest absolute Gasteiger partial charge is 0.282 e. The van der Waals surface area contributed by atoms with Gasteiger partial charge in [0.25, 0.3) is 11.8 Å². The third-order valence-electron chi connectivity index (χ3n) is 5.23. The van der Waals surface area contributed by atoms with Crippen LogP contribution in [0.5, 0.6) is 11.5 Å². The highest BCUT2D eigenvalue weighted by Crippen LogP contribution is 2.37. The van der Waals surface area contributed by atoms with Gasteiger partial charge in [-0.1, -0.05) is 47.5 Å². The summed E-state index contributed by atoms with van der Waals surface area (Å²) in [7, 11) is 1.52. The van der Waals surface area contributed by atoms with Crippen LogP contribution in [0.4, 0.5) is 11.4 Å². The lowest BCUT2D eigenvalue weighted by Crippen LogP contribution is -2.32. The summed E-state index contributed by atoms with van der Waals surface area (Å²) in [6.07, 6.45) is 0. The van der Waals surface area contributed by atoms with Crippen molar-refractivity contribution in [1.82, 2.24) is 0 Å². The number of halogens is 1. The Kier molecular flexibility index (Phi) is 6.38. The summed E-state index contributed by atoms with van der Waals surface area (Å²) in [5.41, 5.74) is 3.00. The van der Waals surface area contributed by atoms with Gasteiger partial charge in [0, 0.05) is 11.1 Å². The van der Waals surface area contributed by atoms with Crippen molar-refractivity contribution in [3.05, 3.63) is 88.6 Å². The average molecular weight is 463 g/mol. The Balaban J connectivity index is 1.83. The molecule has 2 amide bonds. The largest absolute Gasteiger partial charge is 0.495 e. The Hall–Kier alpha value is -3.77. The molecular formula is C26H23ClN2O4. The number of amides is 2. The maximum Gasteiger partial charge on any atom is 0.282 e. The van der Waals surface area contributed by atoms with Crippen molar-refractivity contribution in [2.24, 2.45) is 0 Å². The molecule has 0 fully saturated rings. The van der Waals surface area contributed by atoms with Gasteiger partial charge in [-0.25, -0.2) is 4.90 Å². The summed E-state index contributed by atoms with van der Waals surface area (Å²) in [5.74, 6) is 0.157. The molecule has 1 N–H and O–H groups in total. The van der Waals surface area contributed by atoms with Gasteiger partial charge < -0.3 is 14.8 Å². The standard InChI is InChI=1S/C26H23ClN2O4/c1-4-33-20-7-5-6-19(15-20)29-25(30)23(17-10-8-16(2)9-11-17)24(26(29)31)28-21-14-18(27)12-13-22(21)32-3/h5-15,28H,4H2,1-3H3. The van der Waals surface area contributed by atoms with E-state index in [1.807, 2.05) is 38.1 Å². The second kappa shape index (κ2) is 9.38. The van der Waals surface area contributed by atoms with Crippen molar-refractivity contribution in [2.45, 2.75) is 13.8 Å². The predicted molar refractivity (Wildman–Crippen MR) is 130 cm³/mol. The number of carbonyl (C=O) groups excluding carboxylic acids is 2. The van der Waals surface area contributed by atoms with E-state index >= 15 is 0 Å². The summed E-state index contributed by atoms with van der Waals surface area (Å²) in [4.78, 5) is 28.3. The number of hydrogen-bond donors (Lipinski definition) is 1. The number of imide groups is 1. The van der Waals surface area contributed by atoms with Gasteiger partial charge >= 0.3 is 0 Å². The minimum atomic E-state index is -0.480. The molecule has 4 rings (SSSR count). The number of nitrogens with one attached hydrogen (secondary N) is 1. The Morgan fingerprint density at radius 2 is 1.73 bits per heavy atom. The molecule has 33 heavy (non-hydrogen) atoms. The molecule has 7 heteroatoms. The molecule has 0 aromatic heterocycles. The van der Waals surface area contributed by atoms with Crippen LogP contribution in [0.1, 0.15) is 18.1 Å². The molecule has 0 saturated heterocycles. The monoisotopic (exact) mass is 462 g/mol. The normalized spacial score (nSPS) is 13.5. The van der Waals surface area contributed by atoms with E-state index in [2.05, 4.69) is 5.32 Å². The summed E-state index contributed by atoms with van der Waals surface area (Å²) in [5, 5.41) is 3.58. The molecule has 168 valence electrons. The second-order valence-corrected chi connectivity index (χ2v) is 7.90. The van der Waals surface area contributed by atoms with Gasteiger partial charge in [0.05, 0.1) is 30.7 Å². The van der Waals surface area contributed by atoms with Gasteiger partial charge in [0.15, 0.2) is 0 Å². The van der Waals surface area contributed by atoms with E-state index in [1.54, 1.807) is 42.5 Å². The maximum absolute atomic E-state index is 13.6. The van der Waals surface area contributed by atoms with E-state index in [4.69, 9.17) is 21.1 Å². The molecule has 0 spiro atoms. The second-order valence-electron chi connectivity index (χ2n) is 7.46. The van der Waals surface area contributed by atoms with E-state index in [-0.39, 0.29) is 11.3 Å². The number of nitrogens with zero attached hydrogens (tertiary/aromatic N) is 1. The summed E-state index contributed by atoms with van der Waals surface area (Å²) in [6.45, 7) is 4.30. The Labute approximate surface area is 197 Å². The first kappa shape index (κ1) is 22.4. The van der Waals surface area contributed by atoms with Crippen LogP contribution in [-0.4, -0.2) is 25.5 Å². The number of hydrogen-bond acceptors (Lipinski definition) is 5. The van der Waals surface area contributed by atoms with Crippen LogP contribution < -0.4 is 19.7 Å². The molecule has 0 radical (unpaired) electrons. The van der Waals surface area contributed by atoms with Gasteiger partial charge in [0.2, 0.25) is 0 Å². The predicted octanol–water partition coefficient (Wildman–Crippen LogP) is 5.45. The molecule has 6 nitrogen and oxygen atoms in total. The van der Waals surface area contributed by atoms with Gasteiger partial charge in [-0.3, -0.25) is 9.59 Å². The fourth-order valence-electron chi connectivity index (χ4n) is 3.66. The molecule has 0 aliphatic carbocycles. The van der Waals surface area contributed by atoms with Gasteiger partial charge in [-0.15, -0.1) is 0 Å². The topological polar surface area (TPSA) is 67.9 Å². The Morgan fingerprint density at radius 3 is 2.42 bits per heavy atom. The Morgan fingerprint density at radius 1 is 0.970 bits per heavy atom. The fourth-order valence-corrected chi connectivity index (χ4v) is 3.83. The number of ether oxygens (including phenoxy) is 2. The van der Waals surface area contributed by atoms with Crippen LogP contribution in [0.3, 0.4) is 0 Å². The van der Waals surface area contributed by atoms with Gasteiger partial charge in [-0.05, 0) is 49.7 Å². The minimum Gasteiger partial charge on any atom is -0.495 e. The third kappa shape index (κ3) is 4.43. The molecule has 0 unspecified atom stereocenters. The zero-order valence-corrected chi connectivity index (χ0v) is 19.3. The molecule has 1 aliphatic heterocycles. The average Bonchev–Trinajstić information content (AvgIpc) is 3.04. The summed E-state index contributed by atoms with van der Waals surface area (Å²) < 4.78 is 11.0. The zero-order valence-electron chi connectivity index (χ0n) is 18.5. The highest BCUT2D eigenvalue weighted by Gasteiger charge is 2.40. The van der Waals surface area contributed by atoms with Gasteiger partial charge in [-0.2, -0.15) is 0 Å². The first-order valence-electron chi connectivity index (χ1n) is 10.5. The molecule has 3 aromatic rings. The molecule has 3 aromatic carbocycles. The molecule has 0 atom stereocenters. The summed E-state index contributed by atoms with van der Waals surface area (Å²) >= 11 is 6.18. The first-order chi connectivity index (χ1) is 15.9. The molecule has 1 heterocycles. The highest BCUT2D eigenvalue weighted by molar-refractivity contribution is 6.46. The molecule has 0 saturated carbocycles. The van der Waals surface area contributed by atoms with Crippen molar-refractivity contribution < 1.29 is 19.1 Å². The van der Waals surface area contributed by atoms with Crippen molar-refractivity contribution >= 4 is 40.4 Å². The number of methoxy groups -OCH3 is 1. The van der Waals surface area contributed by atoms with Crippen molar-refractivity contribution in [3.63, 3.8) is 0 Å². The van der Waals surface area contributed by atoms with Crippen molar-refractivity contribution in [2.75, 3.05) is 23.9 Å². The lowest BCUT2D eigenvalue weighted by atomic mass is 10.0. The van der Waals surface area contributed by atoms with Crippen molar-refractivity contribution in [3.8, 4) is 11.5 Å². The van der Waals surface area contributed by atoms with Crippen LogP contribution in [0, 0.1) is 6.92 Å². The number of benzene rings is 3. The van der Waals surface area contributed by atoms with E-state index < -0.39 is 11.8 Å². The van der Waals surface area contributed by atoms with Crippen LogP contribution >= 0.6 is 11.6 Å². The SMILES string of the molecule is CCOc1cccc(N2C(=O)C(Nc3cc(Cl)ccc3OC)=C(c3ccc(C)cc3)C2=O)c1. The van der Waals surface area contributed by atoms with E-state index in [0.29, 0.717) is 40.1 Å². The highest BCUT2D eigenvalue weighted by atomic mass is 35.5. The quantitative estimate of drug-likeness (QED) is 0.473. The molecular weight excluding hydrogens is 440 g/mol. The third-order valence-corrected chi connectivity index (χ3v) is 5.47. The first-order valence-corrected chi connectivity index (χ1v) is 10.8. The van der Waals surface area contributed by atoms with Crippen LogP contribution in [-0.2, 0) is 9.59 Å². The minimum absolute atomic E-state index is 0.145.